The van der Waals surface area contributed by atoms with Gasteiger partial charge in [-0.05, 0) is 66.8 Å². The number of nitrogens with one attached hydrogen (secondary N) is 1. The molecule has 2 heterocycles. The highest BCUT2D eigenvalue weighted by Crippen LogP contribution is 2.28. The van der Waals surface area contributed by atoms with Gasteiger partial charge < -0.3 is 15.2 Å². The lowest BCUT2D eigenvalue weighted by Gasteiger charge is -2.26. The summed E-state index contributed by atoms with van der Waals surface area (Å²) in [5.41, 5.74) is 2.85. The van der Waals surface area contributed by atoms with Crippen molar-refractivity contribution in [3.05, 3.63) is 54.7 Å². The lowest BCUT2D eigenvalue weighted by molar-refractivity contribution is 0.126. The van der Waals surface area contributed by atoms with Crippen LogP contribution in [0.15, 0.2) is 54.7 Å². The Morgan fingerprint density at radius 3 is 2.62 bits per heavy atom. The number of rotatable bonds is 4. The maximum Gasteiger partial charge on any atom is 0.154 e. The van der Waals surface area contributed by atoms with E-state index in [0.29, 0.717) is 6.04 Å². The Balaban J connectivity index is 1.47. The van der Waals surface area contributed by atoms with Gasteiger partial charge in [0.1, 0.15) is 11.6 Å². The van der Waals surface area contributed by atoms with Crippen molar-refractivity contribution >= 4 is 22.2 Å². The molecule has 0 spiro atoms. The normalized spacial score (nSPS) is 19.5. The third-order valence-corrected chi connectivity index (χ3v) is 5.75. The Kier molecular flexibility index (Phi) is 4.56. The number of hydrogen-bond acceptors (Lipinski definition) is 5. The largest absolute Gasteiger partial charge is 0.497 e. The lowest BCUT2D eigenvalue weighted by atomic mass is 9.93. The van der Waals surface area contributed by atoms with Crippen molar-refractivity contribution < 1.29 is 9.84 Å². The van der Waals surface area contributed by atoms with E-state index in [1.807, 2.05) is 35.0 Å². The number of aliphatic hydroxyl groups excluding tert-OH is 1. The topological polar surface area (TPSA) is 71.7 Å². The van der Waals surface area contributed by atoms with Crippen LogP contribution in [0.5, 0.6) is 5.75 Å². The van der Waals surface area contributed by atoms with E-state index in [2.05, 4.69) is 34.6 Å². The van der Waals surface area contributed by atoms with Crippen molar-refractivity contribution in [1.29, 1.82) is 0 Å². The van der Waals surface area contributed by atoms with Crippen molar-refractivity contribution in [1.82, 2.24) is 14.6 Å². The van der Waals surface area contributed by atoms with Crippen LogP contribution in [0.1, 0.15) is 25.7 Å². The van der Waals surface area contributed by atoms with E-state index in [4.69, 9.17) is 9.84 Å². The van der Waals surface area contributed by atoms with Crippen LogP contribution in [0.25, 0.3) is 27.7 Å². The molecule has 5 rings (SSSR count). The highest BCUT2D eigenvalue weighted by atomic mass is 16.5. The van der Waals surface area contributed by atoms with Gasteiger partial charge in [0, 0.05) is 11.6 Å². The third-order valence-electron chi connectivity index (χ3n) is 5.75. The summed E-state index contributed by atoms with van der Waals surface area (Å²) in [6, 6.07) is 16.7. The molecule has 6 nitrogen and oxygen atoms in total. The van der Waals surface area contributed by atoms with Crippen LogP contribution in [0.4, 0.5) is 5.82 Å². The zero-order chi connectivity index (χ0) is 19.8. The SMILES string of the molecule is COc1ccc2cc(-c3cnc4ccc(N[C@H]5CC[C@H](O)CC5)nn34)ccc2c1. The Bertz CT molecular complexity index is 1160. The quantitative estimate of drug-likeness (QED) is 0.546. The minimum absolute atomic E-state index is 0.156. The summed E-state index contributed by atoms with van der Waals surface area (Å²) in [5.74, 6) is 1.69. The highest BCUT2D eigenvalue weighted by molar-refractivity contribution is 5.88. The summed E-state index contributed by atoms with van der Waals surface area (Å²) in [5, 5.41) is 20.3. The van der Waals surface area contributed by atoms with Gasteiger partial charge in [-0.3, -0.25) is 0 Å². The van der Waals surface area contributed by atoms with E-state index < -0.39 is 0 Å². The standard InChI is InChI=1S/C23H24N4O2/c1-29-20-9-4-15-12-17(3-2-16(15)13-20)21-14-24-23-11-10-22(26-27(21)23)25-18-5-7-19(28)8-6-18/h2-4,9-14,18-19,28H,5-8H2,1H3,(H,25,26)/t18-,19-. The Hall–Kier alpha value is -3.12. The van der Waals surface area contributed by atoms with Gasteiger partial charge in [0.15, 0.2) is 5.65 Å². The molecule has 0 unspecified atom stereocenters. The second-order valence-corrected chi connectivity index (χ2v) is 7.71. The van der Waals surface area contributed by atoms with E-state index in [1.165, 1.54) is 0 Å². The Morgan fingerprint density at radius 2 is 1.79 bits per heavy atom. The molecule has 0 amide bonds. The molecule has 1 aliphatic carbocycles. The molecule has 1 aliphatic rings. The van der Waals surface area contributed by atoms with Gasteiger partial charge in [-0.15, -0.1) is 5.10 Å². The van der Waals surface area contributed by atoms with Crippen molar-refractivity contribution in [3.8, 4) is 17.0 Å². The van der Waals surface area contributed by atoms with E-state index in [0.717, 1.165) is 64.9 Å². The first-order chi connectivity index (χ1) is 14.2. The number of imidazole rings is 1. The molecule has 2 aromatic heterocycles. The Morgan fingerprint density at radius 1 is 1.00 bits per heavy atom. The minimum Gasteiger partial charge on any atom is -0.497 e. The average molecular weight is 388 g/mol. The van der Waals surface area contributed by atoms with Crippen LogP contribution in [-0.4, -0.2) is 39.0 Å². The van der Waals surface area contributed by atoms with E-state index in [9.17, 15) is 5.11 Å². The minimum atomic E-state index is -0.156. The second kappa shape index (κ2) is 7.37. The first-order valence-corrected chi connectivity index (χ1v) is 10.1. The van der Waals surface area contributed by atoms with Gasteiger partial charge in [-0.25, -0.2) is 9.50 Å². The molecule has 4 aromatic rings. The van der Waals surface area contributed by atoms with E-state index in [1.54, 1.807) is 7.11 Å². The predicted octanol–water partition coefficient (Wildman–Crippen LogP) is 4.27. The maximum absolute atomic E-state index is 9.71. The molecule has 0 radical (unpaired) electrons. The summed E-state index contributed by atoms with van der Waals surface area (Å²) >= 11 is 0. The van der Waals surface area contributed by atoms with Crippen molar-refractivity contribution in [2.45, 2.75) is 37.8 Å². The first kappa shape index (κ1) is 17.9. The molecule has 0 saturated heterocycles. The second-order valence-electron chi connectivity index (χ2n) is 7.71. The lowest BCUT2D eigenvalue weighted by Crippen LogP contribution is -2.28. The zero-order valence-corrected chi connectivity index (χ0v) is 16.4. The molecular formula is C23H24N4O2. The van der Waals surface area contributed by atoms with Crippen LogP contribution in [0.3, 0.4) is 0 Å². The first-order valence-electron chi connectivity index (χ1n) is 10.1. The molecule has 0 aliphatic heterocycles. The number of nitrogens with zero attached hydrogens (tertiary/aromatic N) is 3. The molecule has 29 heavy (non-hydrogen) atoms. The number of methoxy groups -OCH3 is 1. The van der Waals surface area contributed by atoms with Crippen molar-refractivity contribution in [2.75, 3.05) is 12.4 Å². The fraction of sp³-hybridized carbons (Fsp3) is 0.304. The Labute approximate surface area is 169 Å². The molecular weight excluding hydrogens is 364 g/mol. The molecule has 6 heteroatoms. The van der Waals surface area contributed by atoms with Crippen molar-refractivity contribution in [2.24, 2.45) is 0 Å². The molecule has 1 fully saturated rings. The van der Waals surface area contributed by atoms with Gasteiger partial charge in [0.05, 0.1) is 25.1 Å². The van der Waals surface area contributed by atoms with Crippen LogP contribution in [0.2, 0.25) is 0 Å². The smallest absolute Gasteiger partial charge is 0.154 e. The highest BCUT2D eigenvalue weighted by Gasteiger charge is 2.19. The monoisotopic (exact) mass is 388 g/mol. The molecule has 1 saturated carbocycles. The summed E-state index contributed by atoms with van der Waals surface area (Å²) in [4.78, 5) is 4.52. The molecule has 0 atom stereocenters. The molecule has 2 N–H and O–H groups in total. The number of fused-ring (bicyclic) bond motifs is 2. The van der Waals surface area contributed by atoms with Crippen molar-refractivity contribution in [3.63, 3.8) is 0 Å². The number of ether oxygens (including phenoxy) is 1. The van der Waals surface area contributed by atoms with E-state index >= 15 is 0 Å². The molecule has 148 valence electrons. The van der Waals surface area contributed by atoms with Crippen LogP contribution in [-0.2, 0) is 0 Å². The summed E-state index contributed by atoms with van der Waals surface area (Å²) in [6.07, 6.45) is 5.33. The fourth-order valence-electron chi connectivity index (χ4n) is 4.09. The average Bonchev–Trinajstić information content (AvgIpc) is 3.18. The third kappa shape index (κ3) is 3.51. The van der Waals surface area contributed by atoms with Crippen LogP contribution < -0.4 is 10.1 Å². The number of anilines is 1. The number of benzene rings is 2. The molecule has 0 bridgehead atoms. The summed E-state index contributed by atoms with van der Waals surface area (Å²) in [7, 11) is 1.68. The summed E-state index contributed by atoms with van der Waals surface area (Å²) in [6.45, 7) is 0. The summed E-state index contributed by atoms with van der Waals surface area (Å²) < 4.78 is 7.21. The number of hydrogen-bond donors (Lipinski definition) is 2. The van der Waals surface area contributed by atoms with Gasteiger partial charge >= 0.3 is 0 Å². The predicted molar refractivity (Wildman–Crippen MR) is 114 cm³/mol. The van der Waals surface area contributed by atoms with Crippen LogP contribution in [0, 0.1) is 0 Å². The number of aliphatic hydroxyl groups is 1. The maximum atomic E-state index is 9.71. The van der Waals surface area contributed by atoms with Gasteiger partial charge in [-0.2, -0.15) is 0 Å². The van der Waals surface area contributed by atoms with E-state index in [-0.39, 0.29) is 6.10 Å². The fourth-order valence-corrected chi connectivity index (χ4v) is 4.09. The number of aromatic nitrogens is 3. The van der Waals surface area contributed by atoms with Crippen LogP contribution >= 0.6 is 0 Å². The molecule has 2 aromatic carbocycles. The van der Waals surface area contributed by atoms with Gasteiger partial charge in [0.2, 0.25) is 0 Å². The zero-order valence-electron chi connectivity index (χ0n) is 16.4. The van der Waals surface area contributed by atoms with Gasteiger partial charge in [-0.1, -0.05) is 18.2 Å². The van der Waals surface area contributed by atoms with Gasteiger partial charge in [0.25, 0.3) is 0 Å².